The second-order valence-electron chi connectivity index (χ2n) is 4.66. The van der Waals surface area contributed by atoms with Gasteiger partial charge in [0.2, 0.25) is 0 Å². The molecule has 0 spiro atoms. The Balaban J connectivity index is 1.84. The third kappa shape index (κ3) is 3.39. The molecule has 1 heterocycles. The van der Waals surface area contributed by atoms with Crippen LogP contribution in [0.25, 0.3) is 0 Å². The van der Waals surface area contributed by atoms with Crippen molar-refractivity contribution < 1.29 is 9.53 Å². The quantitative estimate of drug-likeness (QED) is 0.863. The maximum Gasteiger partial charge on any atom is 0.265 e. The molecule has 1 amide bonds. The van der Waals surface area contributed by atoms with E-state index in [0.717, 1.165) is 25.7 Å². The number of hydrogen-bond acceptors (Lipinski definition) is 3. The summed E-state index contributed by atoms with van der Waals surface area (Å²) in [6, 6.07) is 1.81. The summed E-state index contributed by atoms with van der Waals surface area (Å²) in [5, 5.41) is 5.12. The molecule has 18 heavy (non-hydrogen) atoms. The first kappa shape index (κ1) is 13.7. The molecule has 1 aliphatic carbocycles. The molecule has 1 aromatic heterocycles. The molecule has 5 heteroatoms. The maximum atomic E-state index is 12.0. The summed E-state index contributed by atoms with van der Waals surface area (Å²) in [5.41, 5.74) is 0. The van der Waals surface area contributed by atoms with Crippen molar-refractivity contribution in [2.45, 2.75) is 31.1 Å². The molecule has 0 saturated heterocycles. The van der Waals surface area contributed by atoms with Crippen LogP contribution < -0.4 is 10.1 Å². The van der Waals surface area contributed by atoms with E-state index < -0.39 is 0 Å². The number of halogens is 1. The van der Waals surface area contributed by atoms with E-state index in [-0.39, 0.29) is 11.3 Å². The zero-order valence-electron chi connectivity index (χ0n) is 10.4. The fourth-order valence-electron chi connectivity index (χ4n) is 2.35. The summed E-state index contributed by atoms with van der Waals surface area (Å²) in [6.45, 7) is 0.711. The number of carbonyl (C=O) groups excluding carboxylic acids is 1. The fourth-order valence-corrected chi connectivity index (χ4v) is 3.53. The second kappa shape index (κ2) is 6.43. The van der Waals surface area contributed by atoms with E-state index in [1.54, 1.807) is 7.11 Å². The summed E-state index contributed by atoms with van der Waals surface area (Å²) in [5.74, 6) is 1.12. The topological polar surface area (TPSA) is 38.3 Å². The molecule has 2 rings (SSSR count). The Labute approximate surface area is 116 Å². The number of alkyl halides is 1. The minimum absolute atomic E-state index is 0.0430. The number of rotatable bonds is 4. The summed E-state index contributed by atoms with van der Waals surface area (Å²) in [6.07, 6.45) is 4.43. The Morgan fingerprint density at radius 3 is 3.17 bits per heavy atom. The van der Waals surface area contributed by atoms with Crippen molar-refractivity contribution in [3.63, 3.8) is 0 Å². The molecule has 0 aliphatic heterocycles. The van der Waals surface area contributed by atoms with Crippen molar-refractivity contribution in [3.05, 3.63) is 16.3 Å². The van der Waals surface area contributed by atoms with Crippen LogP contribution in [0.2, 0.25) is 0 Å². The van der Waals surface area contributed by atoms with Gasteiger partial charge in [0.25, 0.3) is 5.91 Å². The van der Waals surface area contributed by atoms with E-state index in [1.807, 2.05) is 11.4 Å². The maximum absolute atomic E-state index is 12.0. The van der Waals surface area contributed by atoms with Crippen LogP contribution in [0.1, 0.15) is 35.4 Å². The highest BCUT2D eigenvalue weighted by atomic mass is 35.5. The lowest BCUT2D eigenvalue weighted by molar-refractivity contribution is 0.0945. The van der Waals surface area contributed by atoms with Crippen LogP contribution in [0.15, 0.2) is 11.4 Å². The van der Waals surface area contributed by atoms with Gasteiger partial charge in [-0.25, -0.2) is 0 Å². The highest BCUT2D eigenvalue weighted by Gasteiger charge is 2.21. The number of carbonyl (C=O) groups is 1. The molecule has 1 aliphatic rings. The standard InChI is InChI=1S/C13H18ClNO2S/c1-17-11-5-6-18-12(11)13(16)15-8-9-3-2-4-10(14)7-9/h5-6,9-10H,2-4,7-8H2,1H3,(H,15,16). The lowest BCUT2D eigenvalue weighted by atomic mass is 9.89. The average Bonchev–Trinajstić information content (AvgIpc) is 2.84. The van der Waals surface area contributed by atoms with Crippen molar-refractivity contribution in [1.29, 1.82) is 0 Å². The Hall–Kier alpha value is -0.740. The van der Waals surface area contributed by atoms with Crippen LogP contribution in [-0.4, -0.2) is 24.9 Å². The minimum atomic E-state index is -0.0430. The molecule has 0 radical (unpaired) electrons. The minimum Gasteiger partial charge on any atom is -0.495 e. The number of thiophene rings is 1. The van der Waals surface area contributed by atoms with Crippen LogP contribution in [0, 0.1) is 5.92 Å². The molecule has 3 nitrogen and oxygen atoms in total. The summed E-state index contributed by atoms with van der Waals surface area (Å²) < 4.78 is 5.14. The van der Waals surface area contributed by atoms with Crippen molar-refractivity contribution in [3.8, 4) is 5.75 Å². The van der Waals surface area contributed by atoms with Gasteiger partial charge in [0.15, 0.2) is 0 Å². The lowest BCUT2D eigenvalue weighted by Gasteiger charge is -2.25. The van der Waals surface area contributed by atoms with Crippen molar-refractivity contribution in [1.82, 2.24) is 5.32 Å². The summed E-state index contributed by atoms with van der Waals surface area (Å²) in [4.78, 5) is 12.6. The van der Waals surface area contributed by atoms with Gasteiger partial charge >= 0.3 is 0 Å². The van der Waals surface area contributed by atoms with Gasteiger partial charge in [-0.05, 0) is 36.6 Å². The lowest BCUT2D eigenvalue weighted by Crippen LogP contribution is -2.31. The molecular weight excluding hydrogens is 270 g/mol. The van der Waals surface area contributed by atoms with E-state index in [1.165, 1.54) is 11.3 Å². The Bertz CT molecular complexity index is 407. The van der Waals surface area contributed by atoms with E-state index in [4.69, 9.17) is 16.3 Å². The molecular formula is C13H18ClNO2S. The summed E-state index contributed by atoms with van der Waals surface area (Å²) in [7, 11) is 1.58. The normalized spacial score (nSPS) is 23.7. The Morgan fingerprint density at radius 1 is 1.61 bits per heavy atom. The molecule has 0 aromatic carbocycles. The first-order valence-electron chi connectivity index (χ1n) is 6.24. The van der Waals surface area contributed by atoms with Crippen molar-refractivity contribution in [2.24, 2.45) is 5.92 Å². The van der Waals surface area contributed by atoms with Gasteiger partial charge in [-0.1, -0.05) is 6.42 Å². The van der Waals surface area contributed by atoms with Gasteiger partial charge in [0, 0.05) is 11.9 Å². The number of nitrogens with one attached hydrogen (secondary N) is 1. The molecule has 0 bridgehead atoms. The zero-order valence-corrected chi connectivity index (χ0v) is 12.0. The van der Waals surface area contributed by atoms with Crippen molar-refractivity contribution in [2.75, 3.05) is 13.7 Å². The number of methoxy groups -OCH3 is 1. The highest BCUT2D eigenvalue weighted by Crippen LogP contribution is 2.28. The van der Waals surface area contributed by atoms with Crippen LogP contribution in [-0.2, 0) is 0 Å². The third-order valence-corrected chi connectivity index (χ3v) is 4.62. The molecule has 1 saturated carbocycles. The van der Waals surface area contributed by atoms with Gasteiger partial charge in [0.1, 0.15) is 10.6 Å². The number of amides is 1. The third-order valence-electron chi connectivity index (χ3n) is 3.33. The Morgan fingerprint density at radius 2 is 2.44 bits per heavy atom. The van der Waals surface area contributed by atoms with Gasteiger partial charge in [-0.2, -0.15) is 0 Å². The predicted molar refractivity (Wildman–Crippen MR) is 74.8 cm³/mol. The fraction of sp³-hybridized carbons (Fsp3) is 0.615. The van der Waals surface area contributed by atoms with E-state index in [9.17, 15) is 4.79 Å². The Kier molecular flexibility index (Phi) is 4.89. The molecule has 2 unspecified atom stereocenters. The van der Waals surface area contributed by atoms with Crippen LogP contribution in [0.3, 0.4) is 0 Å². The van der Waals surface area contributed by atoms with Gasteiger partial charge in [-0.3, -0.25) is 4.79 Å². The number of hydrogen-bond donors (Lipinski definition) is 1. The van der Waals surface area contributed by atoms with Gasteiger partial charge in [-0.15, -0.1) is 22.9 Å². The first-order valence-corrected chi connectivity index (χ1v) is 7.56. The predicted octanol–water partition coefficient (Wildman–Crippen LogP) is 3.28. The van der Waals surface area contributed by atoms with E-state index >= 15 is 0 Å². The molecule has 1 aromatic rings. The monoisotopic (exact) mass is 287 g/mol. The zero-order chi connectivity index (χ0) is 13.0. The number of ether oxygens (including phenoxy) is 1. The SMILES string of the molecule is COc1ccsc1C(=O)NCC1CCCC(Cl)C1. The smallest absolute Gasteiger partial charge is 0.265 e. The largest absolute Gasteiger partial charge is 0.495 e. The molecule has 1 fully saturated rings. The molecule has 1 N–H and O–H groups in total. The first-order chi connectivity index (χ1) is 8.70. The van der Waals surface area contributed by atoms with Crippen LogP contribution >= 0.6 is 22.9 Å². The highest BCUT2D eigenvalue weighted by molar-refractivity contribution is 7.12. The van der Waals surface area contributed by atoms with Crippen LogP contribution in [0.5, 0.6) is 5.75 Å². The molecule has 2 atom stereocenters. The van der Waals surface area contributed by atoms with Crippen LogP contribution in [0.4, 0.5) is 0 Å². The van der Waals surface area contributed by atoms with E-state index in [2.05, 4.69) is 5.32 Å². The van der Waals surface area contributed by atoms with Crippen molar-refractivity contribution >= 4 is 28.8 Å². The average molecular weight is 288 g/mol. The van der Waals surface area contributed by atoms with Gasteiger partial charge < -0.3 is 10.1 Å². The summed E-state index contributed by atoms with van der Waals surface area (Å²) >= 11 is 7.55. The second-order valence-corrected chi connectivity index (χ2v) is 6.19. The van der Waals surface area contributed by atoms with E-state index in [0.29, 0.717) is 23.1 Å². The molecule has 100 valence electrons. The van der Waals surface area contributed by atoms with Gasteiger partial charge in [0.05, 0.1) is 7.11 Å².